The third-order valence-electron chi connectivity index (χ3n) is 2.75. The van der Waals surface area contributed by atoms with Crippen LogP contribution in [-0.2, 0) is 20.8 Å². The number of nitrogen functional groups attached to an aromatic ring is 1. The molecule has 0 aromatic heterocycles. The maximum absolute atomic E-state index is 11.6. The molecule has 0 amide bonds. The van der Waals surface area contributed by atoms with Gasteiger partial charge in [-0.15, -0.1) is 0 Å². The van der Waals surface area contributed by atoms with E-state index in [4.69, 9.17) is 5.73 Å². The predicted octanol–water partition coefficient (Wildman–Crippen LogP) is 0.356. The third kappa shape index (κ3) is 4.19. The van der Waals surface area contributed by atoms with E-state index in [0.29, 0.717) is 17.9 Å². The summed E-state index contributed by atoms with van der Waals surface area (Å²) in [4.78, 5) is 0.116. The Morgan fingerprint density at radius 2 is 2.05 bits per heavy atom. The molecule has 2 atom stereocenters. The zero-order valence-corrected chi connectivity index (χ0v) is 12.8. The normalized spacial score (nSPS) is 14.9. The minimum Gasteiger partial charge on any atom is -0.397 e. The van der Waals surface area contributed by atoms with E-state index in [-0.39, 0.29) is 10.1 Å². The van der Waals surface area contributed by atoms with Crippen molar-refractivity contribution in [2.24, 2.45) is 0 Å². The van der Waals surface area contributed by atoms with Crippen LogP contribution < -0.4 is 15.8 Å². The summed E-state index contributed by atoms with van der Waals surface area (Å²) in [5.41, 5.74) is 6.77. The van der Waals surface area contributed by atoms with Gasteiger partial charge >= 0.3 is 0 Å². The summed E-state index contributed by atoms with van der Waals surface area (Å²) in [7, 11) is -3.07. The Bertz CT molecular complexity index is 573. The van der Waals surface area contributed by atoms with Crippen LogP contribution in [0.5, 0.6) is 0 Å². The summed E-state index contributed by atoms with van der Waals surface area (Å²) < 4.78 is 36.6. The SMILES string of the molecule is CNS(=O)(=O)c1ccc(NCC(C)S(C)=O)c(N)c1. The minimum atomic E-state index is -3.49. The quantitative estimate of drug-likeness (QED) is 0.659. The molecular formula is C11H19N3O3S2. The van der Waals surface area contributed by atoms with Crippen molar-refractivity contribution in [1.82, 2.24) is 4.72 Å². The number of benzene rings is 1. The molecular weight excluding hydrogens is 286 g/mol. The number of hydrogen-bond acceptors (Lipinski definition) is 5. The molecule has 19 heavy (non-hydrogen) atoms. The molecule has 0 saturated heterocycles. The van der Waals surface area contributed by atoms with Gasteiger partial charge in [-0.05, 0) is 32.2 Å². The summed E-state index contributed by atoms with van der Waals surface area (Å²) in [6.45, 7) is 2.37. The molecule has 4 N–H and O–H groups in total. The van der Waals surface area contributed by atoms with Gasteiger partial charge in [0.25, 0.3) is 0 Å². The summed E-state index contributed by atoms with van der Waals surface area (Å²) in [5.74, 6) is 0. The van der Waals surface area contributed by atoms with Crippen molar-refractivity contribution in [1.29, 1.82) is 0 Å². The lowest BCUT2D eigenvalue weighted by Crippen LogP contribution is -2.21. The van der Waals surface area contributed by atoms with Gasteiger partial charge in [0.1, 0.15) is 0 Å². The highest BCUT2D eigenvalue weighted by Gasteiger charge is 2.13. The fraction of sp³-hybridized carbons (Fsp3) is 0.455. The standard InChI is InChI=1S/C11H19N3O3S2/c1-8(18(3)15)7-14-11-5-4-9(6-10(11)12)19(16,17)13-2/h4-6,8,13-14H,7,12H2,1-3H3. The second kappa shape index (κ2) is 6.36. The average Bonchev–Trinajstić information content (AvgIpc) is 2.36. The molecule has 1 rings (SSSR count). The fourth-order valence-corrected chi connectivity index (χ4v) is 2.44. The molecule has 6 nitrogen and oxygen atoms in total. The highest BCUT2D eigenvalue weighted by Crippen LogP contribution is 2.22. The fourth-order valence-electron chi connectivity index (χ4n) is 1.36. The second-order valence-electron chi connectivity index (χ2n) is 4.15. The first-order valence-corrected chi connectivity index (χ1v) is 8.77. The van der Waals surface area contributed by atoms with Crippen LogP contribution in [0.4, 0.5) is 11.4 Å². The van der Waals surface area contributed by atoms with Gasteiger partial charge in [0.05, 0.1) is 16.3 Å². The molecule has 0 bridgehead atoms. The zero-order valence-electron chi connectivity index (χ0n) is 11.1. The van der Waals surface area contributed by atoms with Crippen molar-refractivity contribution in [3.05, 3.63) is 18.2 Å². The largest absolute Gasteiger partial charge is 0.397 e. The Labute approximate surface area is 116 Å². The average molecular weight is 305 g/mol. The van der Waals surface area contributed by atoms with E-state index in [0.717, 1.165) is 0 Å². The molecule has 2 unspecified atom stereocenters. The van der Waals surface area contributed by atoms with Gasteiger partial charge in [-0.1, -0.05) is 0 Å². The number of nitrogens with one attached hydrogen (secondary N) is 2. The first-order valence-electron chi connectivity index (χ1n) is 5.67. The van der Waals surface area contributed by atoms with Crippen molar-refractivity contribution in [2.75, 3.05) is 30.9 Å². The van der Waals surface area contributed by atoms with Crippen molar-refractivity contribution >= 4 is 32.2 Å². The Hall–Kier alpha value is -1.12. The van der Waals surface area contributed by atoms with Crippen LogP contribution in [0.3, 0.4) is 0 Å². The molecule has 0 radical (unpaired) electrons. The van der Waals surface area contributed by atoms with Crippen molar-refractivity contribution in [3.8, 4) is 0 Å². The molecule has 1 aromatic carbocycles. The van der Waals surface area contributed by atoms with Crippen molar-refractivity contribution < 1.29 is 12.6 Å². The van der Waals surface area contributed by atoms with Crippen LogP contribution in [-0.4, -0.2) is 37.7 Å². The predicted molar refractivity (Wildman–Crippen MR) is 79.1 cm³/mol. The summed E-state index contributed by atoms with van der Waals surface area (Å²) >= 11 is 0. The highest BCUT2D eigenvalue weighted by molar-refractivity contribution is 7.89. The number of anilines is 2. The third-order valence-corrected chi connectivity index (χ3v) is 5.46. The van der Waals surface area contributed by atoms with Gasteiger partial charge in [-0.2, -0.15) is 0 Å². The second-order valence-corrected chi connectivity index (χ2v) is 7.84. The van der Waals surface area contributed by atoms with E-state index in [9.17, 15) is 12.6 Å². The van der Waals surface area contributed by atoms with E-state index in [1.807, 2.05) is 6.92 Å². The van der Waals surface area contributed by atoms with Gasteiger partial charge in [0, 0.05) is 28.9 Å². The van der Waals surface area contributed by atoms with Crippen LogP contribution in [0.25, 0.3) is 0 Å². The number of rotatable bonds is 6. The molecule has 0 aliphatic heterocycles. The Morgan fingerprint density at radius 1 is 1.42 bits per heavy atom. The van der Waals surface area contributed by atoms with Gasteiger partial charge in [-0.25, -0.2) is 13.1 Å². The molecule has 0 heterocycles. The number of sulfonamides is 1. The van der Waals surface area contributed by atoms with Gasteiger partial charge in [0.2, 0.25) is 10.0 Å². The summed E-state index contributed by atoms with van der Waals surface area (Å²) in [5, 5.41) is 3.04. The van der Waals surface area contributed by atoms with Gasteiger partial charge < -0.3 is 11.1 Å². The van der Waals surface area contributed by atoms with Crippen LogP contribution in [0, 0.1) is 0 Å². The summed E-state index contributed by atoms with van der Waals surface area (Å²) in [6.07, 6.45) is 1.64. The number of hydrogen-bond donors (Lipinski definition) is 3. The van der Waals surface area contributed by atoms with Crippen LogP contribution >= 0.6 is 0 Å². The first-order chi connectivity index (χ1) is 8.77. The van der Waals surface area contributed by atoms with E-state index in [1.165, 1.54) is 19.2 Å². The Kier molecular flexibility index (Phi) is 5.33. The van der Waals surface area contributed by atoms with Crippen LogP contribution in [0.15, 0.2) is 23.1 Å². The molecule has 0 aliphatic carbocycles. The first kappa shape index (κ1) is 15.9. The van der Waals surface area contributed by atoms with Gasteiger partial charge in [-0.3, -0.25) is 4.21 Å². The lowest BCUT2D eigenvalue weighted by molar-refractivity contribution is 0.588. The molecule has 0 fully saturated rings. The topological polar surface area (TPSA) is 101 Å². The van der Waals surface area contributed by atoms with Crippen LogP contribution in [0.2, 0.25) is 0 Å². The van der Waals surface area contributed by atoms with Crippen molar-refractivity contribution in [3.63, 3.8) is 0 Å². The lowest BCUT2D eigenvalue weighted by atomic mass is 10.2. The zero-order chi connectivity index (χ0) is 14.6. The number of nitrogens with two attached hydrogens (primary N) is 1. The van der Waals surface area contributed by atoms with E-state index >= 15 is 0 Å². The monoisotopic (exact) mass is 305 g/mol. The van der Waals surface area contributed by atoms with E-state index in [1.54, 1.807) is 12.3 Å². The molecule has 1 aromatic rings. The molecule has 0 spiro atoms. The van der Waals surface area contributed by atoms with Gasteiger partial charge in [0.15, 0.2) is 0 Å². The van der Waals surface area contributed by atoms with E-state index in [2.05, 4.69) is 10.0 Å². The molecule has 0 saturated carbocycles. The maximum Gasteiger partial charge on any atom is 0.240 e. The van der Waals surface area contributed by atoms with E-state index < -0.39 is 20.8 Å². The summed E-state index contributed by atoms with van der Waals surface area (Å²) in [6, 6.07) is 4.46. The smallest absolute Gasteiger partial charge is 0.240 e. The Balaban J connectivity index is 2.87. The lowest BCUT2D eigenvalue weighted by Gasteiger charge is -2.13. The Morgan fingerprint density at radius 3 is 2.53 bits per heavy atom. The molecule has 108 valence electrons. The minimum absolute atomic E-state index is 0.0138. The molecule has 0 aliphatic rings. The molecule has 8 heteroatoms. The van der Waals surface area contributed by atoms with Crippen molar-refractivity contribution in [2.45, 2.75) is 17.1 Å². The highest BCUT2D eigenvalue weighted by atomic mass is 32.2. The maximum atomic E-state index is 11.6. The van der Waals surface area contributed by atoms with Crippen LogP contribution in [0.1, 0.15) is 6.92 Å².